The average Bonchev–Trinajstić information content (AvgIpc) is 3.75. The summed E-state index contributed by atoms with van der Waals surface area (Å²) < 4.78 is 50.6. The number of carbonyl (C=O) groups excluding carboxylic acids is 2. The molecule has 5 aromatic rings. The van der Waals surface area contributed by atoms with Crippen LogP contribution in [0.25, 0.3) is 21.9 Å². The molecule has 0 radical (unpaired) electrons. The fourth-order valence-electron chi connectivity index (χ4n) is 9.22. The quantitative estimate of drug-likeness (QED) is 0.185. The number of aromatic nitrogens is 5. The van der Waals surface area contributed by atoms with E-state index in [4.69, 9.17) is 9.84 Å². The van der Waals surface area contributed by atoms with Crippen molar-refractivity contribution in [3.8, 4) is 0 Å². The van der Waals surface area contributed by atoms with Crippen molar-refractivity contribution >= 4 is 45.1 Å². The lowest BCUT2D eigenvalue weighted by atomic mass is 9.85. The number of carbonyl (C=O) groups is 2. The van der Waals surface area contributed by atoms with Gasteiger partial charge in [-0.15, -0.1) is 0 Å². The zero-order valence-corrected chi connectivity index (χ0v) is 32.7. The number of alkyl halides is 3. The summed E-state index contributed by atoms with van der Waals surface area (Å²) in [5, 5.41) is 20.8. The number of amides is 2. The van der Waals surface area contributed by atoms with Crippen molar-refractivity contribution in [2.45, 2.75) is 81.6 Å². The van der Waals surface area contributed by atoms with Gasteiger partial charge < -0.3 is 30.3 Å². The molecule has 58 heavy (non-hydrogen) atoms. The van der Waals surface area contributed by atoms with Crippen molar-refractivity contribution in [3.05, 3.63) is 82.7 Å². The van der Waals surface area contributed by atoms with E-state index in [0.717, 1.165) is 79.4 Å². The number of benzene rings is 2. The van der Waals surface area contributed by atoms with Crippen LogP contribution < -0.4 is 21.2 Å². The number of pyridine rings is 1. The van der Waals surface area contributed by atoms with Crippen molar-refractivity contribution in [1.29, 1.82) is 0 Å². The van der Waals surface area contributed by atoms with E-state index < -0.39 is 30.0 Å². The maximum absolute atomic E-state index is 13.5. The Morgan fingerprint density at radius 1 is 1.03 bits per heavy atom. The molecule has 3 N–H and O–H groups in total. The lowest BCUT2D eigenvalue weighted by molar-refractivity contribution is -0.141. The molecule has 0 spiro atoms. The van der Waals surface area contributed by atoms with Crippen LogP contribution in [-0.4, -0.2) is 97.9 Å². The first-order valence-corrected chi connectivity index (χ1v) is 19.8. The second-order valence-corrected chi connectivity index (χ2v) is 15.9. The van der Waals surface area contributed by atoms with Gasteiger partial charge in [0.15, 0.2) is 0 Å². The Morgan fingerprint density at radius 2 is 1.81 bits per heavy atom. The number of aryl methyl sites for hydroxylation is 1. The largest absolute Gasteiger partial charge is 0.433 e. The molecule has 1 saturated carbocycles. The fraction of sp³-hybridized carbons (Fsp3) is 0.488. The van der Waals surface area contributed by atoms with E-state index in [1.165, 1.54) is 6.07 Å². The second kappa shape index (κ2) is 15.8. The predicted octanol–water partition coefficient (Wildman–Crippen LogP) is 5.08. The number of ether oxygens (including phenoxy) is 1. The maximum atomic E-state index is 13.5. The second-order valence-electron chi connectivity index (χ2n) is 15.9. The Labute approximate surface area is 332 Å². The summed E-state index contributed by atoms with van der Waals surface area (Å²) in [6, 6.07) is 14.1. The lowest BCUT2D eigenvalue weighted by Gasteiger charge is -2.44. The van der Waals surface area contributed by atoms with E-state index in [-0.39, 0.29) is 35.5 Å². The number of nitrogens with one attached hydrogen (secondary N) is 2. The summed E-state index contributed by atoms with van der Waals surface area (Å²) in [4.78, 5) is 47.3. The van der Waals surface area contributed by atoms with Crippen LogP contribution in [0, 0.1) is 5.92 Å². The third-order valence-electron chi connectivity index (χ3n) is 12.2. The number of rotatable bonds is 9. The molecule has 2 aliphatic heterocycles. The SMILES string of the molecule is CO[C@H]1CN(c2cccc3c2n(C)c(=O)n3C2CCC(O)NC2=O)CC[C@@H]1N(C)CC1CCC(n2cc3cc(NC(=O)c4cccc(C(F)(F)F)n4)ccc3n2)CC1. The summed E-state index contributed by atoms with van der Waals surface area (Å²) >= 11 is 0. The molecule has 17 heteroatoms. The molecule has 3 fully saturated rings. The smallest absolute Gasteiger partial charge is 0.378 e. The number of hydrogen-bond acceptors (Lipinski definition) is 9. The Hall–Kier alpha value is -5.26. The number of methoxy groups -OCH3 is 1. The molecule has 1 aliphatic carbocycles. The van der Waals surface area contributed by atoms with Crippen LogP contribution in [0.5, 0.6) is 0 Å². The predicted molar refractivity (Wildman–Crippen MR) is 212 cm³/mol. The molecule has 0 bridgehead atoms. The van der Waals surface area contributed by atoms with Crippen LogP contribution in [0.4, 0.5) is 24.5 Å². The first kappa shape index (κ1) is 39.6. The van der Waals surface area contributed by atoms with E-state index in [2.05, 4.69) is 32.5 Å². The Morgan fingerprint density at radius 3 is 2.55 bits per heavy atom. The van der Waals surface area contributed by atoms with Gasteiger partial charge in [0.2, 0.25) is 5.91 Å². The van der Waals surface area contributed by atoms with Crippen LogP contribution in [0.15, 0.2) is 65.6 Å². The van der Waals surface area contributed by atoms with Crippen molar-refractivity contribution < 1.29 is 32.6 Å². The molecule has 5 heterocycles. The molecule has 2 amide bonds. The number of halogens is 3. The Balaban J connectivity index is 0.874. The number of aliphatic hydroxyl groups is 1. The summed E-state index contributed by atoms with van der Waals surface area (Å²) in [6.45, 7) is 2.36. The minimum Gasteiger partial charge on any atom is -0.378 e. The Bertz CT molecular complexity index is 2380. The standard InChI is InChI=1S/C41H48F3N9O5/c1-49(30-18-19-51(23-34(30)58-3)31-7-5-8-32-37(31)50(2)40(57)53(32)33-16-17-36(54)47-39(33)56)21-24-10-13-27(14-11-24)52-22-25-20-26(12-15-28(25)48-52)45-38(55)29-6-4-9-35(46-29)41(42,43)44/h4-9,12,15,20,22,24,27,30,33-34,36,54H,10-11,13-14,16-19,21,23H2,1-3H3,(H,45,55)(H,47,56)/t24?,27?,30-,33?,34-,36?/m0/s1. The van der Waals surface area contributed by atoms with Gasteiger partial charge in [0.25, 0.3) is 5.91 Å². The first-order chi connectivity index (χ1) is 27.8. The highest BCUT2D eigenvalue weighted by Crippen LogP contribution is 2.36. The summed E-state index contributed by atoms with van der Waals surface area (Å²) in [5.74, 6) is -0.574. The zero-order chi connectivity index (χ0) is 40.9. The number of piperidine rings is 2. The third-order valence-corrected chi connectivity index (χ3v) is 12.2. The number of anilines is 2. The normalized spacial score (nSPS) is 24.4. The fourth-order valence-corrected chi connectivity index (χ4v) is 9.22. The van der Waals surface area contributed by atoms with Crippen molar-refractivity contribution in [2.24, 2.45) is 13.0 Å². The van der Waals surface area contributed by atoms with Gasteiger partial charge in [-0.05, 0) is 100 Å². The van der Waals surface area contributed by atoms with Gasteiger partial charge in [0.05, 0.1) is 34.4 Å². The first-order valence-electron chi connectivity index (χ1n) is 19.8. The molecule has 2 saturated heterocycles. The van der Waals surface area contributed by atoms with Gasteiger partial charge in [0, 0.05) is 57.1 Å². The number of hydrogen-bond donors (Lipinski definition) is 3. The van der Waals surface area contributed by atoms with Crippen molar-refractivity contribution in [1.82, 2.24) is 34.1 Å². The van der Waals surface area contributed by atoms with Gasteiger partial charge in [-0.1, -0.05) is 12.1 Å². The monoisotopic (exact) mass is 803 g/mol. The minimum atomic E-state index is -4.65. The minimum absolute atomic E-state index is 0.0671. The zero-order valence-electron chi connectivity index (χ0n) is 32.7. The molecule has 3 aromatic heterocycles. The highest BCUT2D eigenvalue weighted by atomic mass is 19.4. The molecule has 8 rings (SSSR count). The number of fused-ring (bicyclic) bond motifs is 2. The van der Waals surface area contributed by atoms with Crippen molar-refractivity contribution in [3.63, 3.8) is 0 Å². The number of nitrogens with zero attached hydrogens (tertiary/aromatic N) is 7. The van der Waals surface area contributed by atoms with Gasteiger partial charge in [-0.3, -0.25) is 23.4 Å². The molecule has 3 aliphatic rings. The van der Waals surface area contributed by atoms with Crippen LogP contribution in [0.3, 0.4) is 0 Å². The summed E-state index contributed by atoms with van der Waals surface area (Å²) in [7, 11) is 5.67. The number of aliphatic hydroxyl groups excluding tert-OH is 1. The van der Waals surface area contributed by atoms with Crippen LogP contribution in [-0.2, 0) is 22.8 Å². The molecule has 4 atom stereocenters. The van der Waals surface area contributed by atoms with Gasteiger partial charge >= 0.3 is 11.9 Å². The average molecular weight is 804 g/mol. The van der Waals surface area contributed by atoms with E-state index in [9.17, 15) is 32.7 Å². The number of para-hydroxylation sites is 1. The lowest BCUT2D eigenvalue weighted by Crippen LogP contribution is -2.55. The molecular weight excluding hydrogens is 756 g/mol. The van der Waals surface area contributed by atoms with E-state index >= 15 is 0 Å². The molecular formula is C41H48F3N9O5. The highest BCUT2D eigenvalue weighted by Gasteiger charge is 2.37. The van der Waals surface area contributed by atoms with E-state index in [1.807, 2.05) is 29.1 Å². The summed E-state index contributed by atoms with van der Waals surface area (Å²) in [6.07, 6.45) is 1.99. The van der Waals surface area contributed by atoms with Gasteiger partial charge in [-0.25, -0.2) is 9.78 Å². The maximum Gasteiger partial charge on any atom is 0.433 e. The highest BCUT2D eigenvalue weighted by molar-refractivity contribution is 6.03. The van der Waals surface area contributed by atoms with Gasteiger partial charge in [0.1, 0.15) is 23.7 Å². The van der Waals surface area contributed by atoms with E-state index in [0.29, 0.717) is 36.5 Å². The van der Waals surface area contributed by atoms with Gasteiger partial charge in [-0.2, -0.15) is 18.3 Å². The van der Waals surface area contributed by atoms with Crippen molar-refractivity contribution in [2.75, 3.05) is 44.0 Å². The third kappa shape index (κ3) is 7.69. The molecule has 308 valence electrons. The van der Waals surface area contributed by atoms with Crippen LogP contribution >= 0.6 is 0 Å². The molecule has 2 aromatic carbocycles. The number of likely N-dealkylation sites (N-methyl/N-ethyl adjacent to an activating group) is 1. The van der Waals surface area contributed by atoms with Crippen LogP contribution in [0.1, 0.15) is 73.2 Å². The number of imidazole rings is 1. The van der Waals surface area contributed by atoms with E-state index in [1.54, 1.807) is 41.5 Å². The topological polar surface area (TPSA) is 152 Å². The molecule has 2 unspecified atom stereocenters. The summed E-state index contributed by atoms with van der Waals surface area (Å²) in [5.41, 5.74) is 1.89. The van der Waals surface area contributed by atoms with Crippen LogP contribution in [0.2, 0.25) is 0 Å². The molecule has 14 nitrogen and oxygen atoms in total. The Kier molecular flexibility index (Phi) is 10.8.